The summed E-state index contributed by atoms with van der Waals surface area (Å²) < 4.78 is 0. The number of carbonyl (C=O) groups excluding carboxylic acids is 2. The molecule has 6 nitrogen and oxygen atoms in total. The van der Waals surface area contributed by atoms with Crippen LogP contribution in [0.2, 0.25) is 0 Å². The van der Waals surface area contributed by atoms with Gasteiger partial charge >= 0.3 is 0 Å². The molecule has 0 aromatic rings. The molecule has 2 rings (SSSR count). The Balaban J connectivity index is 1.76. The largest absolute Gasteiger partial charge is 0.341 e. The van der Waals surface area contributed by atoms with Gasteiger partial charge < -0.3 is 15.1 Å². The zero-order valence-corrected chi connectivity index (χ0v) is 15.8. The third-order valence-electron chi connectivity index (χ3n) is 5.20. The van der Waals surface area contributed by atoms with Crippen molar-refractivity contribution in [3.8, 4) is 0 Å². The van der Waals surface area contributed by atoms with Gasteiger partial charge in [-0.25, -0.2) is 0 Å². The number of carbonyl (C=O) groups is 2. The van der Waals surface area contributed by atoms with Crippen LogP contribution in [-0.2, 0) is 9.59 Å². The summed E-state index contributed by atoms with van der Waals surface area (Å²) in [5, 5.41) is 3.06. The zero-order valence-electron chi connectivity index (χ0n) is 15.8. The Kier molecular flexibility index (Phi) is 7.04. The van der Waals surface area contributed by atoms with E-state index in [1.54, 1.807) is 0 Å². The fourth-order valence-corrected chi connectivity index (χ4v) is 3.99. The van der Waals surface area contributed by atoms with Crippen molar-refractivity contribution < 1.29 is 9.59 Å². The van der Waals surface area contributed by atoms with Gasteiger partial charge in [-0.3, -0.25) is 14.5 Å². The molecular weight excluding hydrogens is 304 g/mol. The Morgan fingerprint density at radius 3 is 2.17 bits per heavy atom. The number of amides is 2. The summed E-state index contributed by atoms with van der Waals surface area (Å²) in [5.74, 6) is 1.67. The van der Waals surface area contributed by atoms with Crippen molar-refractivity contribution in [3.63, 3.8) is 0 Å². The van der Waals surface area contributed by atoms with Crippen molar-refractivity contribution in [2.24, 2.45) is 17.8 Å². The van der Waals surface area contributed by atoms with E-state index in [0.29, 0.717) is 24.9 Å². The third kappa shape index (κ3) is 5.18. The molecule has 0 aliphatic carbocycles. The molecule has 3 unspecified atom stereocenters. The number of hydrogen-bond acceptors (Lipinski definition) is 4. The van der Waals surface area contributed by atoms with Crippen LogP contribution in [0.5, 0.6) is 0 Å². The summed E-state index contributed by atoms with van der Waals surface area (Å²) in [6.07, 6.45) is 1.22. The Bertz CT molecular complexity index is 425. The average Bonchev–Trinajstić information content (AvgIpc) is 2.54. The first-order chi connectivity index (χ1) is 11.4. The van der Waals surface area contributed by atoms with Gasteiger partial charge in [0.05, 0.1) is 6.54 Å². The Morgan fingerprint density at radius 1 is 1.04 bits per heavy atom. The molecule has 0 saturated carbocycles. The second-order valence-electron chi connectivity index (χ2n) is 7.80. The van der Waals surface area contributed by atoms with Gasteiger partial charge in [-0.2, -0.15) is 0 Å². The zero-order chi connectivity index (χ0) is 17.7. The average molecular weight is 338 g/mol. The number of likely N-dealkylation sites (tertiary alicyclic amines) is 1. The first-order valence-corrected chi connectivity index (χ1v) is 9.34. The highest BCUT2D eigenvalue weighted by atomic mass is 16.2. The molecule has 6 heteroatoms. The molecule has 3 atom stereocenters. The van der Waals surface area contributed by atoms with Crippen molar-refractivity contribution in [2.45, 2.75) is 27.2 Å². The maximum Gasteiger partial charge on any atom is 0.236 e. The van der Waals surface area contributed by atoms with E-state index in [2.05, 4.69) is 24.1 Å². The predicted molar refractivity (Wildman–Crippen MR) is 95.6 cm³/mol. The molecule has 0 bridgehead atoms. The highest BCUT2D eigenvalue weighted by Gasteiger charge is 2.29. The molecule has 2 amide bonds. The van der Waals surface area contributed by atoms with E-state index >= 15 is 0 Å². The van der Waals surface area contributed by atoms with Crippen molar-refractivity contribution in [1.29, 1.82) is 0 Å². The number of hydrogen-bond donors (Lipinski definition) is 1. The molecule has 2 heterocycles. The lowest BCUT2D eigenvalue weighted by atomic mass is 9.92. The molecule has 2 aliphatic rings. The van der Waals surface area contributed by atoms with E-state index < -0.39 is 0 Å². The predicted octanol–water partition coefficient (Wildman–Crippen LogP) is 0.491. The SMILES string of the molecule is CNCC(C)C(=O)N1CCN(CC(=O)N2CC(C)CC(C)C2)CC1. The lowest BCUT2D eigenvalue weighted by molar-refractivity contribution is -0.138. The normalized spacial score (nSPS) is 27.2. The van der Waals surface area contributed by atoms with Crippen LogP contribution in [0.4, 0.5) is 0 Å². The second kappa shape index (κ2) is 8.81. The first kappa shape index (κ1) is 19.2. The quantitative estimate of drug-likeness (QED) is 0.793. The van der Waals surface area contributed by atoms with Crippen molar-refractivity contribution >= 4 is 11.8 Å². The maximum absolute atomic E-state index is 12.6. The Labute approximate surface area is 146 Å². The number of piperidine rings is 1. The molecule has 0 spiro atoms. The summed E-state index contributed by atoms with van der Waals surface area (Å²) in [7, 11) is 1.87. The minimum atomic E-state index is 0.0134. The van der Waals surface area contributed by atoms with Gasteiger partial charge in [0.1, 0.15) is 0 Å². The van der Waals surface area contributed by atoms with E-state index in [1.807, 2.05) is 23.8 Å². The molecular formula is C18H34N4O2. The summed E-state index contributed by atoms with van der Waals surface area (Å²) in [6, 6.07) is 0. The minimum Gasteiger partial charge on any atom is -0.341 e. The molecule has 0 aromatic heterocycles. The van der Waals surface area contributed by atoms with E-state index in [4.69, 9.17) is 0 Å². The third-order valence-corrected chi connectivity index (χ3v) is 5.20. The monoisotopic (exact) mass is 338 g/mol. The standard InChI is InChI=1S/C18H34N4O2/c1-14-9-15(2)12-22(11-14)17(23)13-20-5-7-21(8-6-20)18(24)16(3)10-19-4/h14-16,19H,5-13H2,1-4H3. The Morgan fingerprint density at radius 2 is 1.62 bits per heavy atom. The van der Waals surface area contributed by atoms with Crippen LogP contribution in [-0.4, -0.2) is 85.9 Å². The molecule has 0 radical (unpaired) electrons. The maximum atomic E-state index is 12.6. The summed E-state index contributed by atoms with van der Waals surface area (Å²) >= 11 is 0. The van der Waals surface area contributed by atoms with E-state index in [9.17, 15) is 9.59 Å². The Hall–Kier alpha value is -1.14. The smallest absolute Gasteiger partial charge is 0.236 e. The number of rotatable bonds is 5. The van der Waals surface area contributed by atoms with Gasteiger partial charge in [0.15, 0.2) is 0 Å². The van der Waals surface area contributed by atoms with Crippen LogP contribution in [0.3, 0.4) is 0 Å². The number of nitrogens with zero attached hydrogens (tertiary/aromatic N) is 3. The summed E-state index contributed by atoms with van der Waals surface area (Å²) in [4.78, 5) is 31.1. The van der Waals surface area contributed by atoms with Crippen LogP contribution < -0.4 is 5.32 Å². The first-order valence-electron chi connectivity index (χ1n) is 9.34. The lowest BCUT2D eigenvalue weighted by Crippen LogP contribution is -2.54. The van der Waals surface area contributed by atoms with Crippen LogP contribution in [0.1, 0.15) is 27.2 Å². The molecule has 2 saturated heterocycles. The summed E-state index contributed by atoms with van der Waals surface area (Å²) in [6.45, 7) is 12.5. The van der Waals surface area contributed by atoms with Crippen LogP contribution in [0, 0.1) is 17.8 Å². The molecule has 2 aliphatic heterocycles. The molecule has 1 N–H and O–H groups in total. The fraction of sp³-hybridized carbons (Fsp3) is 0.889. The van der Waals surface area contributed by atoms with Crippen LogP contribution in [0.25, 0.3) is 0 Å². The second-order valence-corrected chi connectivity index (χ2v) is 7.80. The molecule has 0 aromatic carbocycles. The molecule has 138 valence electrons. The van der Waals surface area contributed by atoms with Crippen LogP contribution in [0.15, 0.2) is 0 Å². The van der Waals surface area contributed by atoms with Gasteiger partial charge in [-0.1, -0.05) is 20.8 Å². The van der Waals surface area contributed by atoms with Crippen LogP contribution >= 0.6 is 0 Å². The number of piperazine rings is 1. The van der Waals surface area contributed by atoms with Gasteiger partial charge in [-0.05, 0) is 25.3 Å². The fourth-order valence-electron chi connectivity index (χ4n) is 3.99. The van der Waals surface area contributed by atoms with E-state index in [-0.39, 0.29) is 17.7 Å². The van der Waals surface area contributed by atoms with Crippen molar-refractivity contribution in [1.82, 2.24) is 20.0 Å². The van der Waals surface area contributed by atoms with E-state index in [0.717, 1.165) is 39.3 Å². The van der Waals surface area contributed by atoms with Crippen molar-refractivity contribution in [2.75, 3.05) is 59.4 Å². The van der Waals surface area contributed by atoms with Gasteiger partial charge in [-0.15, -0.1) is 0 Å². The van der Waals surface area contributed by atoms with Crippen molar-refractivity contribution in [3.05, 3.63) is 0 Å². The lowest BCUT2D eigenvalue weighted by Gasteiger charge is -2.39. The topological polar surface area (TPSA) is 55.9 Å². The summed E-state index contributed by atoms with van der Waals surface area (Å²) in [5.41, 5.74) is 0. The molecule has 24 heavy (non-hydrogen) atoms. The molecule has 2 fully saturated rings. The van der Waals surface area contributed by atoms with Gasteiger partial charge in [0.25, 0.3) is 0 Å². The van der Waals surface area contributed by atoms with E-state index in [1.165, 1.54) is 6.42 Å². The number of nitrogens with one attached hydrogen (secondary N) is 1. The van der Waals surface area contributed by atoms with Gasteiger partial charge in [0, 0.05) is 51.7 Å². The highest BCUT2D eigenvalue weighted by Crippen LogP contribution is 2.21. The van der Waals surface area contributed by atoms with Gasteiger partial charge in [0.2, 0.25) is 11.8 Å². The highest BCUT2D eigenvalue weighted by molar-refractivity contribution is 5.79. The minimum absolute atomic E-state index is 0.0134.